The first kappa shape index (κ1) is 18.2. The summed E-state index contributed by atoms with van der Waals surface area (Å²) in [6.07, 6.45) is 0.698. The lowest BCUT2D eigenvalue weighted by Crippen LogP contribution is -2.44. The number of hydrogen-bond donors (Lipinski definition) is 1. The number of nitro benzene ring substituents is 1. The first-order chi connectivity index (χ1) is 11.5. The van der Waals surface area contributed by atoms with Crippen molar-refractivity contribution in [3.05, 3.63) is 33.9 Å². The highest BCUT2D eigenvalue weighted by Gasteiger charge is 2.24. The SMILES string of the molecule is COCCCNC(=O)c1ccc(N2CCN(C)CC2)c([N+](=O)[O-])c1. The van der Waals surface area contributed by atoms with E-state index in [1.54, 1.807) is 19.2 Å². The first-order valence-electron chi connectivity index (χ1n) is 8.02. The van der Waals surface area contributed by atoms with Gasteiger partial charge in [0.2, 0.25) is 0 Å². The Bertz CT molecular complexity index is 585. The molecule has 1 aromatic carbocycles. The molecule has 1 aliphatic rings. The van der Waals surface area contributed by atoms with Crippen LogP contribution < -0.4 is 10.2 Å². The number of hydrogen-bond acceptors (Lipinski definition) is 6. The van der Waals surface area contributed by atoms with Crippen molar-refractivity contribution in [2.24, 2.45) is 0 Å². The van der Waals surface area contributed by atoms with Crippen LogP contribution in [0.3, 0.4) is 0 Å². The highest BCUT2D eigenvalue weighted by Crippen LogP contribution is 2.30. The van der Waals surface area contributed by atoms with Crippen molar-refractivity contribution in [2.75, 3.05) is 58.4 Å². The number of piperazine rings is 1. The van der Waals surface area contributed by atoms with Gasteiger partial charge in [0.15, 0.2) is 0 Å². The van der Waals surface area contributed by atoms with Gasteiger partial charge in [-0.1, -0.05) is 0 Å². The van der Waals surface area contributed by atoms with E-state index in [9.17, 15) is 14.9 Å². The van der Waals surface area contributed by atoms with E-state index >= 15 is 0 Å². The molecule has 1 aromatic rings. The fraction of sp³-hybridized carbons (Fsp3) is 0.562. The number of anilines is 1. The molecule has 8 nitrogen and oxygen atoms in total. The van der Waals surface area contributed by atoms with E-state index in [0.717, 1.165) is 26.2 Å². The summed E-state index contributed by atoms with van der Waals surface area (Å²) in [4.78, 5) is 27.3. The van der Waals surface area contributed by atoms with Crippen molar-refractivity contribution < 1.29 is 14.5 Å². The zero-order chi connectivity index (χ0) is 17.5. The molecule has 0 aromatic heterocycles. The summed E-state index contributed by atoms with van der Waals surface area (Å²) in [7, 11) is 3.63. The molecule has 2 rings (SSSR count). The third kappa shape index (κ3) is 4.65. The van der Waals surface area contributed by atoms with Crippen molar-refractivity contribution in [2.45, 2.75) is 6.42 Å². The fourth-order valence-corrected chi connectivity index (χ4v) is 2.65. The van der Waals surface area contributed by atoms with Crippen LogP contribution in [-0.4, -0.2) is 69.2 Å². The van der Waals surface area contributed by atoms with Gasteiger partial charge in [-0.25, -0.2) is 0 Å². The minimum absolute atomic E-state index is 0.0240. The highest BCUT2D eigenvalue weighted by atomic mass is 16.6. The molecule has 8 heteroatoms. The Morgan fingerprint density at radius 1 is 1.33 bits per heavy atom. The molecule has 1 heterocycles. The van der Waals surface area contributed by atoms with Gasteiger partial charge in [-0.3, -0.25) is 14.9 Å². The molecule has 0 bridgehead atoms. The first-order valence-corrected chi connectivity index (χ1v) is 8.02. The molecule has 24 heavy (non-hydrogen) atoms. The molecule has 0 atom stereocenters. The Balaban J connectivity index is 2.11. The Hall–Kier alpha value is -2.19. The van der Waals surface area contributed by atoms with E-state index in [-0.39, 0.29) is 11.6 Å². The van der Waals surface area contributed by atoms with Crippen LogP contribution in [0.5, 0.6) is 0 Å². The number of rotatable bonds is 7. The molecule has 1 aliphatic heterocycles. The maximum atomic E-state index is 12.1. The second-order valence-corrected chi connectivity index (χ2v) is 5.85. The number of carbonyl (C=O) groups is 1. The molecule has 0 spiro atoms. The summed E-state index contributed by atoms with van der Waals surface area (Å²) < 4.78 is 4.92. The summed E-state index contributed by atoms with van der Waals surface area (Å²) in [5.74, 6) is -0.306. The van der Waals surface area contributed by atoms with Crippen LogP contribution in [-0.2, 0) is 4.74 Å². The number of nitrogens with zero attached hydrogens (tertiary/aromatic N) is 3. The summed E-state index contributed by atoms with van der Waals surface area (Å²) >= 11 is 0. The molecule has 0 aliphatic carbocycles. The molecule has 1 N–H and O–H groups in total. The molecular weight excluding hydrogens is 312 g/mol. The van der Waals surface area contributed by atoms with E-state index < -0.39 is 4.92 Å². The molecule has 0 unspecified atom stereocenters. The Labute approximate surface area is 141 Å². The van der Waals surface area contributed by atoms with Gasteiger partial charge in [0, 0.05) is 58.1 Å². The van der Waals surface area contributed by atoms with Crippen LogP contribution in [0.25, 0.3) is 0 Å². The fourth-order valence-electron chi connectivity index (χ4n) is 2.65. The zero-order valence-corrected chi connectivity index (χ0v) is 14.2. The quantitative estimate of drug-likeness (QED) is 0.456. The number of methoxy groups -OCH3 is 1. The predicted molar refractivity (Wildman–Crippen MR) is 91.6 cm³/mol. The van der Waals surface area contributed by atoms with Gasteiger partial charge in [-0.05, 0) is 25.6 Å². The topological polar surface area (TPSA) is 88.0 Å². The third-order valence-corrected chi connectivity index (χ3v) is 4.09. The van der Waals surface area contributed by atoms with Gasteiger partial charge in [-0.2, -0.15) is 0 Å². The van der Waals surface area contributed by atoms with Crippen LogP contribution in [0, 0.1) is 10.1 Å². The molecule has 1 saturated heterocycles. The number of benzene rings is 1. The van der Waals surface area contributed by atoms with Gasteiger partial charge in [0.1, 0.15) is 5.69 Å². The van der Waals surface area contributed by atoms with Crippen molar-refractivity contribution >= 4 is 17.3 Å². The standard InChI is InChI=1S/C16H24N4O4/c1-18-7-9-19(10-8-18)14-5-4-13(12-15(14)20(22)23)16(21)17-6-3-11-24-2/h4-5,12H,3,6-11H2,1-2H3,(H,17,21). The lowest BCUT2D eigenvalue weighted by molar-refractivity contribution is -0.384. The maximum absolute atomic E-state index is 12.1. The van der Waals surface area contributed by atoms with E-state index in [0.29, 0.717) is 30.8 Å². The van der Waals surface area contributed by atoms with E-state index in [1.807, 2.05) is 11.9 Å². The largest absolute Gasteiger partial charge is 0.385 e. The Morgan fingerprint density at radius 2 is 2.04 bits per heavy atom. The van der Waals surface area contributed by atoms with Crippen molar-refractivity contribution in [1.29, 1.82) is 0 Å². The lowest BCUT2D eigenvalue weighted by Gasteiger charge is -2.33. The summed E-state index contributed by atoms with van der Waals surface area (Å²) in [6.45, 7) is 4.22. The molecule has 0 radical (unpaired) electrons. The van der Waals surface area contributed by atoms with Crippen molar-refractivity contribution in [3.63, 3.8) is 0 Å². The average molecular weight is 336 g/mol. The van der Waals surface area contributed by atoms with Gasteiger partial charge >= 0.3 is 0 Å². The number of nitrogens with one attached hydrogen (secondary N) is 1. The minimum Gasteiger partial charge on any atom is -0.385 e. The van der Waals surface area contributed by atoms with Crippen LogP contribution >= 0.6 is 0 Å². The maximum Gasteiger partial charge on any atom is 0.293 e. The van der Waals surface area contributed by atoms with Crippen LogP contribution in [0.4, 0.5) is 11.4 Å². The highest BCUT2D eigenvalue weighted by molar-refractivity contribution is 5.95. The predicted octanol–water partition coefficient (Wildman–Crippen LogP) is 1.11. The number of amides is 1. The number of nitro groups is 1. The zero-order valence-electron chi connectivity index (χ0n) is 14.2. The van der Waals surface area contributed by atoms with Gasteiger partial charge in [-0.15, -0.1) is 0 Å². The van der Waals surface area contributed by atoms with Crippen molar-refractivity contribution in [3.8, 4) is 0 Å². The van der Waals surface area contributed by atoms with E-state index in [1.165, 1.54) is 6.07 Å². The minimum atomic E-state index is -0.421. The van der Waals surface area contributed by atoms with Gasteiger partial charge < -0.3 is 19.9 Å². The monoisotopic (exact) mass is 336 g/mol. The smallest absolute Gasteiger partial charge is 0.293 e. The molecular formula is C16H24N4O4. The van der Waals surface area contributed by atoms with Crippen molar-refractivity contribution in [1.82, 2.24) is 10.2 Å². The van der Waals surface area contributed by atoms with Crippen LogP contribution in [0.1, 0.15) is 16.8 Å². The van der Waals surface area contributed by atoms with E-state index in [4.69, 9.17) is 4.74 Å². The summed E-state index contributed by atoms with van der Waals surface area (Å²) in [5.41, 5.74) is 0.852. The average Bonchev–Trinajstić information content (AvgIpc) is 2.58. The number of ether oxygens (including phenoxy) is 1. The van der Waals surface area contributed by atoms with Crippen LogP contribution in [0.15, 0.2) is 18.2 Å². The van der Waals surface area contributed by atoms with Gasteiger partial charge in [0.25, 0.3) is 11.6 Å². The second kappa shape index (κ2) is 8.60. The molecule has 1 amide bonds. The third-order valence-electron chi connectivity index (χ3n) is 4.09. The molecule has 132 valence electrons. The van der Waals surface area contributed by atoms with Crippen LogP contribution in [0.2, 0.25) is 0 Å². The normalized spacial score (nSPS) is 15.3. The summed E-state index contributed by atoms with van der Waals surface area (Å²) in [5, 5.41) is 14.2. The second-order valence-electron chi connectivity index (χ2n) is 5.85. The van der Waals surface area contributed by atoms with Gasteiger partial charge in [0.05, 0.1) is 4.92 Å². The Morgan fingerprint density at radius 3 is 2.67 bits per heavy atom. The molecule has 1 fully saturated rings. The summed E-state index contributed by atoms with van der Waals surface area (Å²) in [6, 6.07) is 4.68. The number of carbonyl (C=O) groups excluding carboxylic acids is 1. The lowest BCUT2D eigenvalue weighted by atomic mass is 10.1. The molecule has 0 saturated carbocycles. The number of likely N-dealkylation sites (N-methyl/N-ethyl adjacent to an activating group) is 1. The van der Waals surface area contributed by atoms with E-state index in [2.05, 4.69) is 10.2 Å². The Kier molecular flexibility index (Phi) is 6.51.